The highest BCUT2D eigenvalue weighted by molar-refractivity contribution is 5.88. The molecule has 0 amide bonds. The number of hydrogen-bond acceptors (Lipinski definition) is 6. The van der Waals surface area contributed by atoms with Gasteiger partial charge in [0.1, 0.15) is 23.8 Å². The van der Waals surface area contributed by atoms with Crippen LogP contribution < -0.4 is 11.1 Å². The van der Waals surface area contributed by atoms with E-state index in [-0.39, 0.29) is 0 Å². The van der Waals surface area contributed by atoms with Gasteiger partial charge in [0.25, 0.3) is 0 Å². The van der Waals surface area contributed by atoms with Crippen molar-refractivity contribution in [2.75, 3.05) is 18.4 Å². The topological polar surface area (TPSA) is 94.5 Å². The molecule has 7 heteroatoms. The first-order valence-electron chi connectivity index (χ1n) is 7.88. The molecule has 0 atom stereocenters. The number of fused-ring (bicyclic) bond motifs is 1. The van der Waals surface area contributed by atoms with Gasteiger partial charge in [-0.1, -0.05) is 12.1 Å². The molecule has 0 spiro atoms. The van der Waals surface area contributed by atoms with Crippen LogP contribution in [0.2, 0.25) is 0 Å². The van der Waals surface area contributed by atoms with Crippen molar-refractivity contribution in [2.45, 2.75) is 26.3 Å². The molecule has 0 radical (unpaired) electrons. The smallest absolute Gasteiger partial charge is 0.137 e. The Hall–Kier alpha value is -2.54. The van der Waals surface area contributed by atoms with Gasteiger partial charge in [0, 0.05) is 31.3 Å². The molecule has 0 saturated carbocycles. The van der Waals surface area contributed by atoms with Crippen LogP contribution in [0.1, 0.15) is 18.6 Å². The third-order valence-electron chi connectivity index (χ3n) is 3.69. The standard InChI is InChI=1S/C16H21N7/c1-2-23-11-19-22-15(23)8-10-18-16-12-5-3-4-6-13(12)20-14(21-16)7-9-17/h3-6,11H,2,7-10,17H2,1H3,(H,18,20,21). The van der Waals surface area contributed by atoms with E-state index in [0.717, 1.165) is 47.9 Å². The minimum atomic E-state index is 0.539. The summed E-state index contributed by atoms with van der Waals surface area (Å²) in [4.78, 5) is 9.16. The summed E-state index contributed by atoms with van der Waals surface area (Å²) in [5, 5.41) is 12.5. The summed E-state index contributed by atoms with van der Waals surface area (Å²) in [6.07, 6.45) is 3.22. The van der Waals surface area contributed by atoms with Crippen molar-refractivity contribution in [3.63, 3.8) is 0 Å². The van der Waals surface area contributed by atoms with E-state index in [4.69, 9.17) is 5.73 Å². The number of anilines is 1. The maximum atomic E-state index is 5.63. The van der Waals surface area contributed by atoms with Crippen molar-refractivity contribution in [3.8, 4) is 0 Å². The summed E-state index contributed by atoms with van der Waals surface area (Å²) in [5.41, 5.74) is 6.57. The third kappa shape index (κ3) is 3.45. The largest absolute Gasteiger partial charge is 0.369 e. The number of para-hydroxylation sites is 1. The summed E-state index contributed by atoms with van der Waals surface area (Å²) in [6.45, 7) is 4.23. The van der Waals surface area contributed by atoms with E-state index < -0.39 is 0 Å². The van der Waals surface area contributed by atoms with Crippen LogP contribution in [0, 0.1) is 0 Å². The molecule has 23 heavy (non-hydrogen) atoms. The average molecular weight is 311 g/mol. The van der Waals surface area contributed by atoms with E-state index in [2.05, 4.69) is 32.4 Å². The molecule has 3 N–H and O–H groups in total. The molecule has 0 aliphatic rings. The van der Waals surface area contributed by atoms with E-state index in [0.29, 0.717) is 13.0 Å². The predicted molar refractivity (Wildman–Crippen MR) is 90.2 cm³/mol. The van der Waals surface area contributed by atoms with Crippen molar-refractivity contribution in [1.29, 1.82) is 0 Å². The molecule has 120 valence electrons. The van der Waals surface area contributed by atoms with E-state index in [9.17, 15) is 0 Å². The van der Waals surface area contributed by atoms with Crippen molar-refractivity contribution >= 4 is 16.7 Å². The number of hydrogen-bond donors (Lipinski definition) is 2. The summed E-state index contributed by atoms with van der Waals surface area (Å²) in [6, 6.07) is 8.00. The van der Waals surface area contributed by atoms with Gasteiger partial charge in [-0.15, -0.1) is 10.2 Å². The van der Waals surface area contributed by atoms with Gasteiger partial charge in [-0.2, -0.15) is 0 Å². The number of aromatic nitrogens is 5. The predicted octanol–water partition coefficient (Wildman–Crippen LogP) is 1.40. The Kier molecular flexibility index (Phi) is 4.77. The van der Waals surface area contributed by atoms with Crippen molar-refractivity contribution in [1.82, 2.24) is 24.7 Å². The number of nitrogens with zero attached hydrogens (tertiary/aromatic N) is 5. The Bertz CT molecular complexity index is 781. The molecule has 2 heterocycles. The zero-order valence-electron chi connectivity index (χ0n) is 13.2. The van der Waals surface area contributed by atoms with E-state index >= 15 is 0 Å². The van der Waals surface area contributed by atoms with Crippen LogP contribution >= 0.6 is 0 Å². The SMILES string of the molecule is CCn1cnnc1CCNc1nc(CCN)nc2ccccc12. The van der Waals surface area contributed by atoms with Crippen LogP contribution in [0.25, 0.3) is 10.9 Å². The lowest BCUT2D eigenvalue weighted by molar-refractivity contribution is 0.697. The van der Waals surface area contributed by atoms with Crippen molar-refractivity contribution < 1.29 is 0 Å². The molecule has 1 aromatic carbocycles. The molecule has 0 fully saturated rings. The molecule has 2 aromatic heterocycles. The highest BCUT2D eigenvalue weighted by Gasteiger charge is 2.08. The second-order valence-corrected chi connectivity index (χ2v) is 5.25. The van der Waals surface area contributed by atoms with Gasteiger partial charge in [-0.3, -0.25) is 0 Å². The molecular weight excluding hydrogens is 290 g/mol. The minimum Gasteiger partial charge on any atom is -0.369 e. The number of benzene rings is 1. The monoisotopic (exact) mass is 311 g/mol. The zero-order chi connectivity index (χ0) is 16.1. The maximum Gasteiger partial charge on any atom is 0.137 e. The van der Waals surface area contributed by atoms with Gasteiger partial charge in [0.15, 0.2) is 0 Å². The van der Waals surface area contributed by atoms with E-state index in [1.165, 1.54) is 0 Å². The number of nitrogens with one attached hydrogen (secondary N) is 1. The van der Waals surface area contributed by atoms with Crippen LogP contribution in [0.5, 0.6) is 0 Å². The second-order valence-electron chi connectivity index (χ2n) is 5.25. The lowest BCUT2D eigenvalue weighted by atomic mass is 10.2. The summed E-state index contributed by atoms with van der Waals surface area (Å²) < 4.78 is 2.04. The van der Waals surface area contributed by atoms with Crippen LogP contribution in [0.15, 0.2) is 30.6 Å². The summed E-state index contributed by atoms with van der Waals surface area (Å²) in [7, 11) is 0. The van der Waals surface area contributed by atoms with Gasteiger partial charge in [-0.25, -0.2) is 9.97 Å². The Morgan fingerprint density at radius 2 is 2.04 bits per heavy atom. The number of rotatable bonds is 7. The van der Waals surface area contributed by atoms with Crippen molar-refractivity contribution in [2.24, 2.45) is 5.73 Å². The molecule has 3 rings (SSSR count). The normalized spacial score (nSPS) is 11.0. The Labute approximate surface area is 135 Å². The number of aryl methyl sites for hydroxylation is 1. The van der Waals surface area contributed by atoms with E-state index in [1.807, 2.05) is 28.8 Å². The van der Waals surface area contributed by atoms with Crippen LogP contribution in [0.3, 0.4) is 0 Å². The molecule has 0 saturated heterocycles. The van der Waals surface area contributed by atoms with Crippen LogP contribution in [-0.2, 0) is 19.4 Å². The Morgan fingerprint density at radius 3 is 2.87 bits per heavy atom. The lowest BCUT2D eigenvalue weighted by Gasteiger charge is -2.10. The Morgan fingerprint density at radius 1 is 1.17 bits per heavy atom. The molecule has 0 bridgehead atoms. The van der Waals surface area contributed by atoms with Crippen LogP contribution in [0.4, 0.5) is 5.82 Å². The zero-order valence-corrected chi connectivity index (χ0v) is 13.2. The molecule has 0 unspecified atom stereocenters. The van der Waals surface area contributed by atoms with Gasteiger partial charge in [0.2, 0.25) is 0 Å². The van der Waals surface area contributed by atoms with E-state index in [1.54, 1.807) is 6.33 Å². The average Bonchev–Trinajstić information content (AvgIpc) is 3.02. The molecular formula is C16H21N7. The van der Waals surface area contributed by atoms with Crippen LogP contribution in [-0.4, -0.2) is 37.8 Å². The molecule has 0 aliphatic heterocycles. The lowest BCUT2D eigenvalue weighted by Crippen LogP contribution is -2.13. The third-order valence-corrected chi connectivity index (χ3v) is 3.69. The molecule has 7 nitrogen and oxygen atoms in total. The fourth-order valence-corrected chi connectivity index (χ4v) is 2.53. The fourth-order valence-electron chi connectivity index (χ4n) is 2.53. The number of nitrogens with two attached hydrogens (primary N) is 1. The summed E-state index contributed by atoms with van der Waals surface area (Å²) >= 11 is 0. The first kappa shape index (κ1) is 15.4. The highest BCUT2D eigenvalue weighted by Crippen LogP contribution is 2.20. The van der Waals surface area contributed by atoms with Gasteiger partial charge < -0.3 is 15.6 Å². The minimum absolute atomic E-state index is 0.539. The van der Waals surface area contributed by atoms with Gasteiger partial charge >= 0.3 is 0 Å². The Balaban J connectivity index is 1.78. The molecule has 0 aliphatic carbocycles. The first-order valence-corrected chi connectivity index (χ1v) is 7.88. The first-order chi connectivity index (χ1) is 11.3. The maximum absolute atomic E-state index is 5.63. The van der Waals surface area contributed by atoms with Gasteiger partial charge in [-0.05, 0) is 25.6 Å². The van der Waals surface area contributed by atoms with Crippen molar-refractivity contribution in [3.05, 3.63) is 42.2 Å². The second kappa shape index (κ2) is 7.15. The summed E-state index contributed by atoms with van der Waals surface area (Å²) in [5.74, 6) is 2.59. The fraction of sp³-hybridized carbons (Fsp3) is 0.375. The molecule has 3 aromatic rings. The highest BCUT2D eigenvalue weighted by atomic mass is 15.3. The quantitative estimate of drug-likeness (QED) is 0.685. The van der Waals surface area contributed by atoms with Gasteiger partial charge in [0.05, 0.1) is 5.52 Å².